The second-order valence-electron chi connectivity index (χ2n) is 2.52. The van der Waals surface area contributed by atoms with Crippen molar-refractivity contribution in [3.63, 3.8) is 0 Å². The van der Waals surface area contributed by atoms with Gasteiger partial charge in [0.15, 0.2) is 0 Å². The molecule has 0 spiro atoms. The molecule has 0 unspecified atom stereocenters. The molecule has 0 aromatic carbocycles. The molecule has 66 valence electrons. The Kier molecular flexibility index (Phi) is 2.32. The first-order chi connectivity index (χ1) is 5.63. The second kappa shape index (κ2) is 3.25. The van der Waals surface area contributed by atoms with Crippen molar-refractivity contribution in [1.82, 2.24) is 10.2 Å². The summed E-state index contributed by atoms with van der Waals surface area (Å²) >= 11 is 0. The van der Waals surface area contributed by atoms with Crippen LogP contribution >= 0.6 is 0 Å². The number of amides is 2. The molecule has 5 heteroatoms. The molecule has 1 rings (SSSR count). The minimum atomic E-state index is -0.586. The molecule has 1 heterocycles. The summed E-state index contributed by atoms with van der Waals surface area (Å²) in [6.45, 7) is 2.54. The van der Waals surface area contributed by atoms with Gasteiger partial charge < -0.3 is 16.0 Å². The lowest BCUT2D eigenvalue weighted by atomic mass is 10.3. The summed E-state index contributed by atoms with van der Waals surface area (Å²) in [5, 5.41) is 2.84. The topological polar surface area (TPSA) is 75.4 Å². The molecule has 0 aliphatic carbocycles. The van der Waals surface area contributed by atoms with E-state index in [1.54, 1.807) is 0 Å². The summed E-state index contributed by atoms with van der Waals surface area (Å²) in [6, 6.07) is 0. The maximum atomic E-state index is 11.0. The van der Waals surface area contributed by atoms with Gasteiger partial charge in [0.25, 0.3) is 5.91 Å². The summed E-state index contributed by atoms with van der Waals surface area (Å²) in [5.74, 6) is -0.751. The third kappa shape index (κ3) is 1.55. The summed E-state index contributed by atoms with van der Waals surface area (Å²) in [7, 11) is 0. The highest BCUT2D eigenvalue weighted by atomic mass is 16.2. The highest BCUT2D eigenvalue weighted by molar-refractivity contribution is 5.95. The van der Waals surface area contributed by atoms with Crippen molar-refractivity contribution in [2.45, 2.75) is 6.92 Å². The molecule has 0 saturated heterocycles. The fourth-order valence-corrected chi connectivity index (χ4v) is 1.07. The van der Waals surface area contributed by atoms with Crippen LogP contribution in [0.15, 0.2) is 11.9 Å². The zero-order chi connectivity index (χ0) is 9.14. The fourth-order valence-electron chi connectivity index (χ4n) is 1.07. The predicted molar refractivity (Wildman–Crippen MR) is 42.7 cm³/mol. The van der Waals surface area contributed by atoms with Crippen LogP contribution in [0.2, 0.25) is 0 Å². The van der Waals surface area contributed by atoms with E-state index in [2.05, 4.69) is 5.32 Å². The molecule has 0 radical (unpaired) electrons. The number of hydrogen-bond donors (Lipinski definition) is 2. The van der Waals surface area contributed by atoms with Gasteiger partial charge in [0.1, 0.15) is 5.70 Å². The van der Waals surface area contributed by atoms with Crippen LogP contribution < -0.4 is 11.1 Å². The molecular formula is C7H11N3O2. The third-order valence-corrected chi connectivity index (χ3v) is 1.64. The van der Waals surface area contributed by atoms with E-state index in [1.807, 2.05) is 0 Å². The Balaban J connectivity index is 2.85. The molecule has 0 aromatic rings. The van der Waals surface area contributed by atoms with Crippen molar-refractivity contribution in [2.24, 2.45) is 5.73 Å². The fraction of sp³-hybridized carbons (Fsp3) is 0.429. The van der Waals surface area contributed by atoms with Crippen LogP contribution in [0.25, 0.3) is 0 Å². The Hall–Kier alpha value is -1.52. The predicted octanol–water partition coefficient (Wildman–Crippen LogP) is -1.24. The number of hydrogen-bond acceptors (Lipinski definition) is 3. The number of nitrogens with two attached hydrogens (primary N) is 1. The van der Waals surface area contributed by atoms with Crippen molar-refractivity contribution >= 4 is 11.8 Å². The smallest absolute Gasteiger partial charge is 0.266 e. The minimum Gasteiger partial charge on any atom is -0.387 e. The first-order valence-electron chi connectivity index (χ1n) is 3.64. The number of carbonyl (C=O) groups is 2. The Bertz CT molecular complexity index is 247. The Morgan fingerprint density at radius 3 is 2.75 bits per heavy atom. The Labute approximate surface area is 70.2 Å². The lowest BCUT2D eigenvalue weighted by Gasteiger charge is -2.25. The first kappa shape index (κ1) is 8.58. The van der Waals surface area contributed by atoms with Crippen LogP contribution in [0.4, 0.5) is 0 Å². The maximum Gasteiger partial charge on any atom is 0.266 e. The second-order valence-corrected chi connectivity index (χ2v) is 2.52. The van der Waals surface area contributed by atoms with Gasteiger partial charge in [-0.3, -0.25) is 9.59 Å². The Morgan fingerprint density at radius 1 is 1.67 bits per heavy atom. The summed E-state index contributed by atoms with van der Waals surface area (Å²) in [6.07, 6.45) is 1.47. The minimum absolute atomic E-state index is 0.165. The van der Waals surface area contributed by atoms with Crippen molar-refractivity contribution < 1.29 is 9.59 Å². The van der Waals surface area contributed by atoms with Crippen LogP contribution in [-0.2, 0) is 9.59 Å². The van der Waals surface area contributed by atoms with E-state index in [0.29, 0.717) is 13.1 Å². The molecule has 3 N–H and O–H groups in total. The lowest BCUT2D eigenvalue weighted by molar-refractivity contribution is -0.130. The summed E-state index contributed by atoms with van der Waals surface area (Å²) in [4.78, 5) is 23.1. The van der Waals surface area contributed by atoms with E-state index in [-0.39, 0.29) is 11.6 Å². The molecule has 2 amide bonds. The monoisotopic (exact) mass is 169 g/mol. The average molecular weight is 169 g/mol. The molecule has 5 nitrogen and oxygen atoms in total. The molecule has 1 aliphatic heterocycles. The van der Waals surface area contributed by atoms with Crippen molar-refractivity contribution in [1.29, 1.82) is 0 Å². The number of nitrogens with one attached hydrogen (secondary N) is 1. The molecule has 0 saturated carbocycles. The number of carbonyl (C=O) groups excluding carboxylic acids is 2. The van der Waals surface area contributed by atoms with E-state index in [4.69, 9.17) is 5.73 Å². The van der Waals surface area contributed by atoms with Crippen LogP contribution in [0, 0.1) is 0 Å². The van der Waals surface area contributed by atoms with Crippen LogP contribution in [0.3, 0.4) is 0 Å². The molecular weight excluding hydrogens is 158 g/mol. The highest BCUT2D eigenvalue weighted by Gasteiger charge is 2.20. The number of nitrogens with zero attached hydrogens (tertiary/aromatic N) is 1. The van der Waals surface area contributed by atoms with Gasteiger partial charge in [-0.1, -0.05) is 0 Å². The molecule has 0 fully saturated rings. The quantitative estimate of drug-likeness (QED) is 0.515. The molecule has 0 atom stereocenters. The van der Waals surface area contributed by atoms with Gasteiger partial charge in [-0.2, -0.15) is 0 Å². The van der Waals surface area contributed by atoms with Crippen molar-refractivity contribution in [3.8, 4) is 0 Å². The van der Waals surface area contributed by atoms with Crippen molar-refractivity contribution in [3.05, 3.63) is 11.9 Å². The zero-order valence-electron chi connectivity index (χ0n) is 6.83. The van der Waals surface area contributed by atoms with Crippen LogP contribution in [0.5, 0.6) is 0 Å². The van der Waals surface area contributed by atoms with Crippen LogP contribution in [-0.4, -0.2) is 29.8 Å². The van der Waals surface area contributed by atoms with Gasteiger partial charge >= 0.3 is 0 Å². The summed E-state index contributed by atoms with van der Waals surface area (Å²) in [5.41, 5.74) is 5.28. The molecule has 0 bridgehead atoms. The highest BCUT2D eigenvalue weighted by Crippen LogP contribution is 2.05. The SMILES string of the molecule is CC(=O)N1CCNC=C1C(N)=O. The normalized spacial score (nSPS) is 16.4. The van der Waals surface area contributed by atoms with Crippen LogP contribution in [0.1, 0.15) is 6.92 Å². The molecule has 0 aromatic heterocycles. The van der Waals surface area contributed by atoms with Gasteiger partial charge in [-0.15, -0.1) is 0 Å². The van der Waals surface area contributed by atoms with Gasteiger partial charge in [-0.05, 0) is 0 Å². The summed E-state index contributed by atoms with van der Waals surface area (Å²) < 4.78 is 0. The van der Waals surface area contributed by atoms with E-state index in [0.717, 1.165) is 0 Å². The molecule has 12 heavy (non-hydrogen) atoms. The van der Waals surface area contributed by atoms with Gasteiger partial charge in [0.05, 0.1) is 0 Å². The van der Waals surface area contributed by atoms with E-state index < -0.39 is 5.91 Å². The lowest BCUT2D eigenvalue weighted by Crippen LogP contribution is -2.43. The van der Waals surface area contributed by atoms with E-state index in [1.165, 1.54) is 18.0 Å². The van der Waals surface area contributed by atoms with Gasteiger partial charge in [0.2, 0.25) is 5.91 Å². The third-order valence-electron chi connectivity index (χ3n) is 1.64. The van der Waals surface area contributed by atoms with E-state index >= 15 is 0 Å². The first-order valence-corrected chi connectivity index (χ1v) is 3.64. The number of rotatable bonds is 1. The van der Waals surface area contributed by atoms with Crippen molar-refractivity contribution in [2.75, 3.05) is 13.1 Å². The maximum absolute atomic E-state index is 11.0. The molecule has 1 aliphatic rings. The standard InChI is InChI=1S/C7H11N3O2/c1-5(11)10-3-2-9-4-6(10)7(8)12/h4,9H,2-3H2,1H3,(H2,8,12). The van der Waals surface area contributed by atoms with Gasteiger partial charge in [-0.25, -0.2) is 0 Å². The largest absolute Gasteiger partial charge is 0.387 e. The van der Waals surface area contributed by atoms with E-state index in [9.17, 15) is 9.59 Å². The Morgan fingerprint density at radius 2 is 2.33 bits per heavy atom. The zero-order valence-corrected chi connectivity index (χ0v) is 6.83. The average Bonchev–Trinajstić information content (AvgIpc) is 2.04. The number of primary amides is 1. The van der Waals surface area contributed by atoms with Gasteiger partial charge in [0, 0.05) is 26.2 Å².